The standard InChI is InChI=1S/C18H23N3OS.HI/c1-13-8-9-14(17(10-13)23-3)11-20-18(19)21-16-7-5-4-6-15(16)12-22-2;/h4-10H,11-12H2,1-3H3,(H3,19,20,21);1H. The number of ether oxygens (including phenoxy) is 1. The summed E-state index contributed by atoms with van der Waals surface area (Å²) in [6.07, 6.45) is 2.07. The fourth-order valence-electron chi connectivity index (χ4n) is 2.25. The van der Waals surface area contributed by atoms with Gasteiger partial charge in [0.2, 0.25) is 0 Å². The number of aliphatic imine (C=N–C) groups is 1. The van der Waals surface area contributed by atoms with Gasteiger partial charge in [0.25, 0.3) is 0 Å². The first kappa shape index (κ1) is 20.8. The van der Waals surface area contributed by atoms with E-state index >= 15 is 0 Å². The first-order chi connectivity index (χ1) is 11.1. The third-order valence-electron chi connectivity index (χ3n) is 3.44. The lowest BCUT2D eigenvalue weighted by Gasteiger charge is -2.11. The van der Waals surface area contributed by atoms with E-state index in [1.165, 1.54) is 16.0 Å². The van der Waals surface area contributed by atoms with Crippen LogP contribution in [0.5, 0.6) is 0 Å². The number of nitrogens with two attached hydrogens (primary N) is 1. The average Bonchev–Trinajstić information content (AvgIpc) is 2.55. The molecule has 4 nitrogen and oxygen atoms in total. The topological polar surface area (TPSA) is 59.6 Å². The zero-order chi connectivity index (χ0) is 16.7. The van der Waals surface area contributed by atoms with Crippen LogP contribution in [0.3, 0.4) is 0 Å². The Morgan fingerprint density at radius 3 is 2.67 bits per heavy atom. The quantitative estimate of drug-likeness (QED) is 0.292. The summed E-state index contributed by atoms with van der Waals surface area (Å²) >= 11 is 1.73. The second kappa shape index (κ2) is 10.6. The van der Waals surface area contributed by atoms with Crippen molar-refractivity contribution in [2.24, 2.45) is 10.7 Å². The molecule has 0 aliphatic carbocycles. The predicted molar refractivity (Wildman–Crippen MR) is 114 cm³/mol. The summed E-state index contributed by atoms with van der Waals surface area (Å²) < 4.78 is 5.20. The molecule has 0 saturated heterocycles. The molecule has 0 heterocycles. The van der Waals surface area contributed by atoms with Gasteiger partial charge in [0.15, 0.2) is 5.96 Å². The highest BCUT2D eigenvalue weighted by atomic mass is 127. The van der Waals surface area contributed by atoms with E-state index in [1.54, 1.807) is 18.9 Å². The van der Waals surface area contributed by atoms with Gasteiger partial charge < -0.3 is 15.8 Å². The average molecular weight is 457 g/mol. The molecule has 0 bridgehead atoms. The van der Waals surface area contributed by atoms with Crippen LogP contribution in [0.4, 0.5) is 5.69 Å². The number of anilines is 1. The van der Waals surface area contributed by atoms with Gasteiger partial charge >= 0.3 is 0 Å². The monoisotopic (exact) mass is 457 g/mol. The summed E-state index contributed by atoms with van der Waals surface area (Å²) in [7, 11) is 1.68. The molecule has 0 spiro atoms. The summed E-state index contributed by atoms with van der Waals surface area (Å²) in [6, 6.07) is 14.3. The van der Waals surface area contributed by atoms with Crippen molar-refractivity contribution in [2.75, 3.05) is 18.7 Å². The largest absolute Gasteiger partial charge is 0.380 e. The molecular weight excluding hydrogens is 433 g/mol. The molecule has 0 unspecified atom stereocenters. The maximum Gasteiger partial charge on any atom is 0.193 e. The fraction of sp³-hybridized carbons (Fsp3) is 0.278. The minimum absolute atomic E-state index is 0. The summed E-state index contributed by atoms with van der Waals surface area (Å²) in [5.41, 5.74) is 10.4. The highest BCUT2D eigenvalue weighted by Crippen LogP contribution is 2.22. The van der Waals surface area contributed by atoms with Crippen LogP contribution in [-0.2, 0) is 17.9 Å². The minimum Gasteiger partial charge on any atom is -0.380 e. The number of guanidine groups is 1. The molecule has 2 aromatic rings. The lowest BCUT2D eigenvalue weighted by Crippen LogP contribution is -2.23. The van der Waals surface area contributed by atoms with Crippen LogP contribution in [0.2, 0.25) is 0 Å². The van der Waals surface area contributed by atoms with Crippen molar-refractivity contribution in [1.82, 2.24) is 0 Å². The Labute approximate surface area is 165 Å². The van der Waals surface area contributed by atoms with Crippen LogP contribution in [0.1, 0.15) is 16.7 Å². The Morgan fingerprint density at radius 1 is 1.21 bits per heavy atom. The summed E-state index contributed by atoms with van der Waals surface area (Å²) in [5.74, 6) is 0.404. The number of methoxy groups -OCH3 is 1. The van der Waals surface area contributed by atoms with Crippen molar-refractivity contribution >= 4 is 47.4 Å². The van der Waals surface area contributed by atoms with Crippen molar-refractivity contribution in [3.63, 3.8) is 0 Å². The van der Waals surface area contributed by atoms with Gasteiger partial charge in [0.1, 0.15) is 0 Å². The van der Waals surface area contributed by atoms with Crippen LogP contribution in [0, 0.1) is 6.92 Å². The Kier molecular flexibility index (Phi) is 9.17. The van der Waals surface area contributed by atoms with E-state index in [0.29, 0.717) is 19.1 Å². The van der Waals surface area contributed by atoms with E-state index in [-0.39, 0.29) is 24.0 Å². The second-order valence-electron chi connectivity index (χ2n) is 5.23. The van der Waals surface area contributed by atoms with Crippen LogP contribution < -0.4 is 11.1 Å². The van der Waals surface area contributed by atoms with E-state index < -0.39 is 0 Å². The Balaban J connectivity index is 0.00000288. The number of benzene rings is 2. The third-order valence-corrected chi connectivity index (χ3v) is 4.26. The van der Waals surface area contributed by atoms with Crippen molar-refractivity contribution < 1.29 is 4.74 Å². The fourth-order valence-corrected chi connectivity index (χ4v) is 2.95. The highest BCUT2D eigenvalue weighted by molar-refractivity contribution is 14.0. The molecule has 0 fully saturated rings. The first-order valence-corrected chi connectivity index (χ1v) is 8.64. The van der Waals surface area contributed by atoms with Gasteiger partial charge in [0.05, 0.1) is 13.2 Å². The molecule has 130 valence electrons. The van der Waals surface area contributed by atoms with Crippen LogP contribution in [-0.4, -0.2) is 19.3 Å². The molecule has 0 amide bonds. The third kappa shape index (κ3) is 5.99. The van der Waals surface area contributed by atoms with Crippen LogP contribution in [0.15, 0.2) is 52.4 Å². The zero-order valence-electron chi connectivity index (χ0n) is 14.2. The van der Waals surface area contributed by atoms with Gasteiger partial charge in [-0.3, -0.25) is 0 Å². The van der Waals surface area contributed by atoms with E-state index in [2.05, 4.69) is 41.7 Å². The predicted octanol–water partition coefficient (Wildman–Crippen LogP) is 4.41. The Hall–Kier alpha value is -1.25. The number of nitrogens with one attached hydrogen (secondary N) is 1. The number of rotatable bonds is 6. The van der Waals surface area contributed by atoms with Gasteiger partial charge in [0, 0.05) is 23.3 Å². The molecule has 2 rings (SSSR count). The van der Waals surface area contributed by atoms with Crippen molar-refractivity contribution in [1.29, 1.82) is 0 Å². The minimum atomic E-state index is 0. The van der Waals surface area contributed by atoms with Crippen molar-refractivity contribution in [2.45, 2.75) is 25.0 Å². The molecule has 0 aromatic heterocycles. The molecule has 3 N–H and O–H groups in total. The van der Waals surface area contributed by atoms with E-state index in [9.17, 15) is 0 Å². The van der Waals surface area contributed by atoms with Gasteiger partial charge in [-0.25, -0.2) is 4.99 Å². The number of nitrogens with zero attached hydrogens (tertiary/aromatic N) is 1. The second-order valence-corrected chi connectivity index (χ2v) is 6.08. The van der Waals surface area contributed by atoms with Crippen molar-refractivity contribution in [3.05, 3.63) is 59.2 Å². The number of hydrogen-bond donors (Lipinski definition) is 2. The molecule has 0 radical (unpaired) electrons. The van der Waals surface area contributed by atoms with Gasteiger partial charge in [-0.15, -0.1) is 35.7 Å². The summed E-state index contributed by atoms with van der Waals surface area (Å²) in [5, 5.41) is 3.16. The number of hydrogen-bond acceptors (Lipinski definition) is 3. The SMILES string of the molecule is COCc1ccccc1NC(N)=NCc1ccc(C)cc1SC.I. The number of halogens is 1. The highest BCUT2D eigenvalue weighted by Gasteiger charge is 2.04. The Bertz CT molecular complexity index is 692. The molecule has 0 saturated carbocycles. The molecule has 0 atom stereocenters. The van der Waals surface area contributed by atoms with Gasteiger partial charge in [-0.05, 0) is 36.4 Å². The van der Waals surface area contributed by atoms with Gasteiger partial charge in [-0.2, -0.15) is 0 Å². The van der Waals surface area contributed by atoms with Crippen molar-refractivity contribution in [3.8, 4) is 0 Å². The van der Waals surface area contributed by atoms with Gasteiger partial charge in [-0.1, -0.05) is 30.3 Å². The smallest absolute Gasteiger partial charge is 0.193 e. The maximum atomic E-state index is 6.03. The van der Waals surface area contributed by atoms with E-state index in [0.717, 1.165) is 11.3 Å². The maximum absolute atomic E-state index is 6.03. The number of thioether (sulfide) groups is 1. The molecule has 0 aliphatic heterocycles. The Morgan fingerprint density at radius 2 is 1.96 bits per heavy atom. The normalized spacial score (nSPS) is 11.0. The molecule has 0 aliphatic rings. The molecule has 2 aromatic carbocycles. The van der Waals surface area contributed by atoms with E-state index in [4.69, 9.17) is 10.5 Å². The lowest BCUT2D eigenvalue weighted by atomic mass is 10.1. The first-order valence-electron chi connectivity index (χ1n) is 7.41. The van der Waals surface area contributed by atoms with Crippen LogP contribution in [0.25, 0.3) is 0 Å². The number of aryl methyl sites for hydroxylation is 1. The molecular formula is C18H24IN3OS. The molecule has 24 heavy (non-hydrogen) atoms. The lowest BCUT2D eigenvalue weighted by molar-refractivity contribution is 0.185. The van der Waals surface area contributed by atoms with E-state index in [1.807, 2.05) is 24.3 Å². The van der Waals surface area contributed by atoms with Crippen LogP contribution >= 0.6 is 35.7 Å². The number of para-hydroxylation sites is 1. The molecule has 6 heteroatoms. The summed E-state index contributed by atoms with van der Waals surface area (Å²) in [4.78, 5) is 5.70. The zero-order valence-corrected chi connectivity index (χ0v) is 17.4. The summed E-state index contributed by atoms with van der Waals surface area (Å²) in [6.45, 7) is 3.18.